The summed E-state index contributed by atoms with van der Waals surface area (Å²) in [6.07, 6.45) is 9.23. The summed E-state index contributed by atoms with van der Waals surface area (Å²) in [5.41, 5.74) is 0.278. The predicted molar refractivity (Wildman–Crippen MR) is 143 cm³/mol. The van der Waals surface area contributed by atoms with Gasteiger partial charge in [0.25, 0.3) is 5.91 Å². The molecule has 1 aliphatic carbocycles. The normalized spacial score (nSPS) is 32.0. The molecule has 206 valence electrons. The van der Waals surface area contributed by atoms with Crippen molar-refractivity contribution in [3.05, 3.63) is 42.2 Å². The monoisotopic (exact) mass is 533 g/mol. The van der Waals surface area contributed by atoms with Crippen molar-refractivity contribution in [2.45, 2.75) is 56.5 Å². The van der Waals surface area contributed by atoms with Gasteiger partial charge < -0.3 is 24.8 Å². The molecule has 1 aromatic heterocycles. The summed E-state index contributed by atoms with van der Waals surface area (Å²) < 4.78 is 1.79. The number of carboxylic acid groups (broad SMARTS) is 1. The lowest BCUT2D eigenvalue weighted by Gasteiger charge is -2.30. The first-order valence-electron chi connectivity index (χ1n) is 14.0. The number of aromatic nitrogens is 2. The summed E-state index contributed by atoms with van der Waals surface area (Å²) in [5, 5.41) is 12.9. The third-order valence-corrected chi connectivity index (χ3v) is 9.14. The maximum absolute atomic E-state index is 13.8. The Kier molecular flexibility index (Phi) is 6.43. The number of allylic oxidation sites excluding steroid dienone is 1. The lowest BCUT2D eigenvalue weighted by atomic mass is 9.93. The SMILES string of the molecule is Cn1c(C(=O)N2C[C@H]3CN4C(=O)CCCCCC/C=C\[C@@H]5C[C@@]5(C(=O)O)NC(=O)[C@@H]4[C@H]3C2)nc2ccccc21. The van der Waals surface area contributed by atoms with Crippen LogP contribution in [0.15, 0.2) is 36.4 Å². The van der Waals surface area contributed by atoms with Gasteiger partial charge in [-0.05, 0) is 37.8 Å². The van der Waals surface area contributed by atoms with Gasteiger partial charge in [-0.15, -0.1) is 0 Å². The number of nitrogens with zero attached hydrogens (tertiary/aromatic N) is 4. The zero-order valence-corrected chi connectivity index (χ0v) is 22.2. The van der Waals surface area contributed by atoms with Gasteiger partial charge in [0.1, 0.15) is 11.6 Å². The number of hydrogen-bond acceptors (Lipinski definition) is 5. The highest BCUT2D eigenvalue weighted by Crippen LogP contribution is 2.46. The molecule has 4 aliphatic rings. The highest BCUT2D eigenvalue weighted by atomic mass is 16.4. The fourth-order valence-corrected chi connectivity index (χ4v) is 6.83. The minimum Gasteiger partial charge on any atom is -0.479 e. The Hall–Kier alpha value is -3.69. The molecule has 2 N–H and O–H groups in total. The molecule has 3 fully saturated rings. The van der Waals surface area contributed by atoms with E-state index in [1.807, 2.05) is 43.5 Å². The van der Waals surface area contributed by atoms with Crippen LogP contribution >= 0.6 is 0 Å². The molecule has 0 bridgehead atoms. The van der Waals surface area contributed by atoms with E-state index in [1.165, 1.54) is 0 Å². The largest absolute Gasteiger partial charge is 0.479 e. The average molecular weight is 534 g/mol. The first-order chi connectivity index (χ1) is 18.8. The number of hydrogen-bond donors (Lipinski definition) is 2. The van der Waals surface area contributed by atoms with Crippen LogP contribution in [0.25, 0.3) is 11.0 Å². The second-order valence-corrected chi connectivity index (χ2v) is 11.6. The first kappa shape index (κ1) is 25.6. The van der Waals surface area contributed by atoms with E-state index in [-0.39, 0.29) is 29.6 Å². The zero-order chi connectivity index (χ0) is 27.3. The quantitative estimate of drug-likeness (QED) is 0.571. The predicted octanol–water partition coefficient (Wildman–Crippen LogP) is 2.34. The Morgan fingerprint density at radius 3 is 2.67 bits per heavy atom. The van der Waals surface area contributed by atoms with Gasteiger partial charge in [0.2, 0.25) is 11.8 Å². The number of likely N-dealkylation sites (tertiary alicyclic amines) is 1. The molecule has 10 heteroatoms. The fourth-order valence-electron chi connectivity index (χ4n) is 6.83. The number of carbonyl (C=O) groups excluding carboxylic acids is 3. The number of imidazole rings is 1. The molecular formula is C29H35N5O5. The van der Waals surface area contributed by atoms with Gasteiger partial charge in [0.05, 0.1) is 11.0 Å². The number of fused-ring (bicyclic) bond motifs is 5. The third kappa shape index (κ3) is 4.39. The van der Waals surface area contributed by atoms with E-state index in [2.05, 4.69) is 10.3 Å². The van der Waals surface area contributed by atoms with Crippen LogP contribution in [0.3, 0.4) is 0 Å². The van der Waals surface area contributed by atoms with E-state index < -0.39 is 23.5 Å². The van der Waals surface area contributed by atoms with E-state index in [4.69, 9.17) is 0 Å². The molecule has 39 heavy (non-hydrogen) atoms. The second-order valence-electron chi connectivity index (χ2n) is 11.6. The van der Waals surface area contributed by atoms with Crippen molar-refractivity contribution in [1.82, 2.24) is 24.7 Å². The Morgan fingerprint density at radius 2 is 1.87 bits per heavy atom. The van der Waals surface area contributed by atoms with Gasteiger partial charge >= 0.3 is 5.97 Å². The van der Waals surface area contributed by atoms with E-state index >= 15 is 0 Å². The van der Waals surface area contributed by atoms with E-state index in [1.54, 1.807) is 14.4 Å². The Balaban J connectivity index is 1.26. The summed E-state index contributed by atoms with van der Waals surface area (Å²) >= 11 is 0. The molecule has 4 heterocycles. The number of amides is 3. The topological polar surface area (TPSA) is 125 Å². The van der Waals surface area contributed by atoms with Gasteiger partial charge in [0.15, 0.2) is 5.82 Å². The maximum atomic E-state index is 13.8. The van der Waals surface area contributed by atoms with Crippen LogP contribution in [0.4, 0.5) is 0 Å². The van der Waals surface area contributed by atoms with Crippen LogP contribution < -0.4 is 5.32 Å². The number of para-hydroxylation sites is 2. The maximum Gasteiger partial charge on any atom is 0.330 e. The molecule has 3 aliphatic heterocycles. The third-order valence-electron chi connectivity index (χ3n) is 9.14. The van der Waals surface area contributed by atoms with Gasteiger partial charge in [-0.3, -0.25) is 14.4 Å². The van der Waals surface area contributed by atoms with Crippen LogP contribution in [-0.4, -0.2) is 79.4 Å². The number of aryl methyl sites for hydroxylation is 1. The number of carbonyl (C=O) groups is 4. The van der Waals surface area contributed by atoms with Crippen molar-refractivity contribution in [3.63, 3.8) is 0 Å². The molecule has 0 spiro atoms. The second kappa shape index (κ2) is 9.81. The Bertz CT molecular complexity index is 1370. The van der Waals surface area contributed by atoms with Crippen molar-refractivity contribution < 1.29 is 24.3 Å². The van der Waals surface area contributed by atoms with E-state index in [0.717, 1.165) is 43.1 Å². The number of rotatable bonds is 2. The molecular weight excluding hydrogens is 498 g/mol. The van der Waals surface area contributed by atoms with Gasteiger partial charge in [-0.25, -0.2) is 9.78 Å². The molecule has 6 rings (SSSR count). The molecule has 1 saturated carbocycles. The van der Waals surface area contributed by atoms with Crippen LogP contribution in [-0.2, 0) is 21.4 Å². The molecule has 2 saturated heterocycles. The Labute approximate surface area is 227 Å². The van der Waals surface area contributed by atoms with Crippen LogP contribution in [0, 0.1) is 17.8 Å². The molecule has 2 aromatic rings. The fraction of sp³-hybridized carbons (Fsp3) is 0.552. The van der Waals surface area contributed by atoms with Gasteiger partial charge in [-0.2, -0.15) is 0 Å². The summed E-state index contributed by atoms with van der Waals surface area (Å²) in [6.45, 7) is 1.13. The standard InChI is InChI=1S/C29H35N5O5/c1-32-22-12-9-8-11-21(22)30-25(32)27(37)33-15-18-16-34-23(35)13-7-5-3-2-4-6-10-19-14-29(19,28(38)39)31-26(36)24(34)20(18)17-33/h6,8-12,18-20,24H,2-5,7,13-17H2,1H3,(H,31,36)(H,38,39)/b10-6-/t18-,19+,20-,24-,29+/m0/s1. The van der Waals surface area contributed by atoms with Crippen LogP contribution in [0.2, 0.25) is 0 Å². The van der Waals surface area contributed by atoms with Gasteiger partial charge in [0, 0.05) is 50.9 Å². The number of nitrogens with one attached hydrogen (secondary N) is 1. The summed E-state index contributed by atoms with van der Waals surface area (Å²) in [5.74, 6) is -1.98. The van der Waals surface area contributed by atoms with E-state index in [9.17, 15) is 24.3 Å². The first-order valence-corrected chi connectivity index (χ1v) is 14.0. The molecule has 10 nitrogen and oxygen atoms in total. The molecule has 3 amide bonds. The molecule has 5 atom stereocenters. The zero-order valence-electron chi connectivity index (χ0n) is 22.2. The smallest absolute Gasteiger partial charge is 0.330 e. The molecule has 0 radical (unpaired) electrons. The van der Waals surface area contributed by atoms with Gasteiger partial charge in [-0.1, -0.05) is 37.1 Å². The van der Waals surface area contributed by atoms with Crippen molar-refractivity contribution in [3.8, 4) is 0 Å². The lowest BCUT2D eigenvalue weighted by Crippen LogP contribution is -2.55. The Morgan fingerprint density at radius 1 is 1.08 bits per heavy atom. The highest BCUT2D eigenvalue weighted by Gasteiger charge is 2.62. The van der Waals surface area contributed by atoms with Crippen LogP contribution in [0.5, 0.6) is 0 Å². The van der Waals surface area contributed by atoms with Crippen molar-refractivity contribution in [2.75, 3.05) is 19.6 Å². The number of carboxylic acids is 1. The van der Waals surface area contributed by atoms with Crippen LogP contribution in [0.1, 0.15) is 55.6 Å². The number of benzene rings is 1. The van der Waals surface area contributed by atoms with Crippen molar-refractivity contribution in [2.24, 2.45) is 24.8 Å². The number of aliphatic carboxylic acids is 1. The van der Waals surface area contributed by atoms with E-state index in [0.29, 0.717) is 38.3 Å². The summed E-state index contributed by atoms with van der Waals surface area (Å²) in [7, 11) is 1.82. The van der Waals surface area contributed by atoms with Crippen molar-refractivity contribution in [1.29, 1.82) is 0 Å². The lowest BCUT2D eigenvalue weighted by molar-refractivity contribution is -0.145. The molecule has 1 aromatic carbocycles. The summed E-state index contributed by atoms with van der Waals surface area (Å²) in [4.78, 5) is 60.9. The average Bonchev–Trinajstić information content (AvgIpc) is 3.17. The minimum absolute atomic E-state index is 0.0575. The minimum atomic E-state index is -1.33. The summed E-state index contributed by atoms with van der Waals surface area (Å²) in [6, 6.07) is 6.78. The molecule has 0 unspecified atom stereocenters. The highest BCUT2D eigenvalue weighted by molar-refractivity contribution is 5.97. The van der Waals surface area contributed by atoms with Crippen molar-refractivity contribution >= 4 is 34.7 Å².